The van der Waals surface area contributed by atoms with Crippen molar-refractivity contribution in [2.45, 2.75) is 86.0 Å². The summed E-state index contributed by atoms with van der Waals surface area (Å²) in [5, 5.41) is 9.76. The highest BCUT2D eigenvalue weighted by atomic mass is 16.5. The molecule has 1 aromatic carbocycles. The molecule has 1 spiro atoms. The molecule has 3 unspecified atom stereocenters. The highest BCUT2D eigenvalue weighted by Gasteiger charge is 2.52. The molecular formula is C22H43NO2. The van der Waals surface area contributed by atoms with Crippen LogP contribution in [0.2, 0.25) is 0 Å². The average Bonchev–Trinajstić information content (AvgIpc) is 3.24. The minimum Gasteiger partial charge on any atom is -0.391 e. The normalized spacial score (nSPS) is 26.8. The topological polar surface area (TPSA) is 32.7 Å². The SMILES string of the molecule is CC.CC.CC.CC.CN1CCC2(CC(O)CO2)C1c1ccccc1. The van der Waals surface area contributed by atoms with Crippen LogP contribution in [0.4, 0.5) is 0 Å². The Kier molecular flexibility index (Phi) is 16.2. The van der Waals surface area contributed by atoms with Crippen LogP contribution in [-0.4, -0.2) is 41.9 Å². The first-order valence-corrected chi connectivity index (χ1v) is 10.3. The molecule has 0 radical (unpaired) electrons. The maximum atomic E-state index is 9.76. The smallest absolute Gasteiger partial charge is 0.0917 e. The van der Waals surface area contributed by atoms with Gasteiger partial charge in [-0.1, -0.05) is 85.7 Å². The van der Waals surface area contributed by atoms with Crippen LogP contribution in [0, 0.1) is 0 Å². The number of likely N-dealkylation sites (N-methyl/N-ethyl adjacent to an activating group) is 1. The molecule has 2 heterocycles. The highest BCUT2D eigenvalue weighted by Crippen LogP contribution is 2.47. The lowest BCUT2D eigenvalue weighted by Crippen LogP contribution is -2.36. The van der Waals surface area contributed by atoms with Crippen LogP contribution in [0.5, 0.6) is 0 Å². The minimum absolute atomic E-state index is 0.171. The van der Waals surface area contributed by atoms with Crippen molar-refractivity contribution in [2.75, 3.05) is 20.2 Å². The van der Waals surface area contributed by atoms with E-state index in [-0.39, 0.29) is 17.7 Å². The zero-order chi connectivity index (χ0) is 19.9. The van der Waals surface area contributed by atoms with Gasteiger partial charge in [-0.3, -0.25) is 4.90 Å². The third-order valence-electron chi connectivity index (χ3n) is 4.09. The molecule has 0 bridgehead atoms. The van der Waals surface area contributed by atoms with Gasteiger partial charge in [0.25, 0.3) is 0 Å². The number of nitrogens with zero attached hydrogens (tertiary/aromatic N) is 1. The number of benzene rings is 1. The van der Waals surface area contributed by atoms with E-state index in [0.717, 1.165) is 19.4 Å². The Labute approximate surface area is 157 Å². The summed E-state index contributed by atoms with van der Waals surface area (Å²) in [6.07, 6.45) is 1.48. The van der Waals surface area contributed by atoms with E-state index < -0.39 is 0 Å². The van der Waals surface area contributed by atoms with Crippen molar-refractivity contribution in [1.29, 1.82) is 0 Å². The summed E-state index contributed by atoms with van der Waals surface area (Å²) in [5.74, 6) is 0. The molecular weight excluding hydrogens is 310 g/mol. The maximum absolute atomic E-state index is 9.76. The number of aliphatic hydroxyl groups excluding tert-OH is 1. The zero-order valence-corrected chi connectivity index (χ0v) is 18.2. The molecule has 3 atom stereocenters. The summed E-state index contributed by atoms with van der Waals surface area (Å²) in [6, 6.07) is 10.8. The number of likely N-dealkylation sites (tertiary alicyclic amines) is 1. The Morgan fingerprint density at radius 2 is 1.48 bits per heavy atom. The molecule has 3 nitrogen and oxygen atoms in total. The van der Waals surface area contributed by atoms with Gasteiger partial charge in [-0.05, 0) is 19.0 Å². The molecule has 3 heteroatoms. The predicted molar refractivity (Wildman–Crippen MR) is 111 cm³/mol. The van der Waals surface area contributed by atoms with E-state index in [2.05, 4.69) is 36.2 Å². The fourth-order valence-corrected chi connectivity index (χ4v) is 3.37. The standard InChI is InChI=1S/C14H19NO2.4C2H6/c1-15-8-7-14(9-12(16)10-17-14)13(15)11-5-3-2-4-6-11;4*1-2/h2-6,12-13,16H,7-10H2,1H3;4*1-2H3. The van der Waals surface area contributed by atoms with Gasteiger partial charge in [0, 0.05) is 13.0 Å². The lowest BCUT2D eigenvalue weighted by molar-refractivity contribution is -0.0231. The van der Waals surface area contributed by atoms with Gasteiger partial charge < -0.3 is 9.84 Å². The van der Waals surface area contributed by atoms with Crippen molar-refractivity contribution < 1.29 is 9.84 Å². The van der Waals surface area contributed by atoms with Crippen molar-refractivity contribution in [3.8, 4) is 0 Å². The van der Waals surface area contributed by atoms with Crippen LogP contribution in [0.3, 0.4) is 0 Å². The highest BCUT2D eigenvalue weighted by molar-refractivity contribution is 5.25. The van der Waals surface area contributed by atoms with Gasteiger partial charge in [0.2, 0.25) is 0 Å². The Morgan fingerprint density at radius 3 is 1.92 bits per heavy atom. The van der Waals surface area contributed by atoms with Crippen LogP contribution in [0.25, 0.3) is 0 Å². The van der Waals surface area contributed by atoms with E-state index in [1.807, 2.05) is 61.5 Å². The van der Waals surface area contributed by atoms with Gasteiger partial charge >= 0.3 is 0 Å². The second kappa shape index (κ2) is 15.4. The van der Waals surface area contributed by atoms with Crippen molar-refractivity contribution in [3.63, 3.8) is 0 Å². The summed E-state index contributed by atoms with van der Waals surface area (Å²) < 4.78 is 5.96. The molecule has 25 heavy (non-hydrogen) atoms. The first-order valence-electron chi connectivity index (χ1n) is 10.3. The predicted octanol–water partition coefficient (Wildman–Crippen LogP) is 5.69. The first-order chi connectivity index (χ1) is 12.2. The van der Waals surface area contributed by atoms with Gasteiger partial charge in [0.05, 0.1) is 24.4 Å². The lowest BCUT2D eigenvalue weighted by Gasteiger charge is -2.33. The van der Waals surface area contributed by atoms with Gasteiger partial charge in [0.15, 0.2) is 0 Å². The molecule has 2 fully saturated rings. The summed E-state index contributed by atoms with van der Waals surface area (Å²) in [7, 11) is 2.14. The van der Waals surface area contributed by atoms with E-state index in [9.17, 15) is 5.11 Å². The molecule has 0 saturated carbocycles. The molecule has 2 aliphatic rings. The largest absolute Gasteiger partial charge is 0.391 e. The monoisotopic (exact) mass is 353 g/mol. The van der Waals surface area contributed by atoms with Crippen LogP contribution < -0.4 is 0 Å². The van der Waals surface area contributed by atoms with Crippen LogP contribution >= 0.6 is 0 Å². The zero-order valence-electron chi connectivity index (χ0n) is 18.2. The van der Waals surface area contributed by atoms with E-state index >= 15 is 0 Å². The average molecular weight is 354 g/mol. The lowest BCUT2D eigenvalue weighted by atomic mass is 9.86. The van der Waals surface area contributed by atoms with Crippen molar-refractivity contribution in [1.82, 2.24) is 4.90 Å². The molecule has 0 aliphatic carbocycles. The Hall–Kier alpha value is -0.900. The second-order valence-electron chi connectivity index (χ2n) is 5.28. The Balaban J connectivity index is 0. The summed E-state index contributed by atoms with van der Waals surface area (Å²) >= 11 is 0. The van der Waals surface area contributed by atoms with Crippen LogP contribution in [0.15, 0.2) is 30.3 Å². The molecule has 0 aromatic heterocycles. The van der Waals surface area contributed by atoms with Crippen molar-refractivity contribution in [2.24, 2.45) is 0 Å². The van der Waals surface area contributed by atoms with E-state index in [0.29, 0.717) is 6.61 Å². The molecule has 1 aromatic rings. The third kappa shape index (κ3) is 7.08. The molecule has 2 aliphatic heterocycles. The van der Waals surface area contributed by atoms with Crippen LogP contribution in [0.1, 0.15) is 79.8 Å². The van der Waals surface area contributed by atoms with Gasteiger partial charge in [-0.2, -0.15) is 0 Å². The first kappa shape index (κ1) is 26.3. The van der Waals surface area contributed by atoms with Crippen molar-refractivity contribution in [3.05, 3.63) is 35.9 Å². The summed E-state index contributed by atoms with van der Waals surface area (Å²) in [6.45, 7) is 17.5. The number of ether oxygens (including phenoxy) is 1. The number of rotatable bonds is 1. The maximum Gasteiger partial charge on any atom is 0.0917 e. The van der Waals surface area contributed by atoms with Gasteiger partial charge in [-0.15, -0.1) is 0 Å². The van der Waals surface area contributed by atoms with E-state index in [1.165, 1.54) is 5.56 Å². The molecule has 148 valence electrons. The fraction of sp³-hybridized carbons (Fsp3) is 0.727. The molecule has 0 amide bonds. The Bertz CT molecular complexity index is 392. The summed E-state index contributed by atoms with van der Waals surface area (Å²) in [4.78, 5) is 2.34. The molecule has 3 rings (SSSR count). The van der Waals surface area contributed by atoms with E-state index in [4.69, 9.17) is 4.74 Å². The second-order valence-corrected chi connectivity index (χ2v) is 5.28. The van der Waals surface area contributed by atoms with Crippen molar-refractivity contribution >= 4 is 0 Å². The molecule has 1 N–H and O–H groups in total. The van der Waals surface area contributed by atoms with E-state index in [1.54, 1.807) is 0 Å². The van der Waals surface area contributed by atoms with Gasteiger partial charge in [0.1, 0.15) is 0 Å². The number of aliphatic hydroxyl groups is 1. The number of hydrogen-bond acceptors (Lipinski definition) is 3. The third-order valence-corrected chi connectivity index (χ3v) is 4.09. The Morgan fingerprint density at radius 1 is 0.960 bits per heavy atom. The quantitative estimate of drug-likeness (QED) is 0.704. The molecule has 2 saturated heterocycles. The van der Waals surface area contributed by atoms with Gasteiger partial charge in [-0.25, -0.2) is 0 Å². The minimum atomic E-state index is -0.298. The van der Waals surface area contributed by atoms with Crippen LogP contribution in [-0.2, 0) is 4.74 Å². The fourth-order valence-electron chi connectivity index (χ4n) is 3.37. The summed E-state index contributed by atoms with van der Waals surface area (Å²) in [5.41, 5.74) is 1.12. The number of hydrogen-bond donors (Lipinski definition) is 1.